The molecule has 0 radical (unpaired) electrons. The number of carbonyl (C=O) groups is 1. The minimum absolute atomic E-state index is 0.153. The van der Waals surface area contributed by atoms with E-state index in [1.165, 1.54) is 23.1 Å². The van der Waals surface area contributed by atoms with Crippen LogP contribution in [0.3, 0.4) is 0 Å². The summed E-state index contributed by atoms with van der Waals surface area (Å²) in [6, 6.07) is 24.5. The summed E-state index contributed by atoms with van der Waals surface area (Å²) in [5, 5.41) is 0. The Morgan fingerprint density at radius 2 is 1.82 bits per heavy atom. The number of amidine groups is 1. The number of fused-ring (bicyclic) bond motifs is 1. The van der Waals surface area contributed by atoms with Gasteiger partial charge in [0.1, 0.15) is 11.6 Å². The van der Waals surface area contributed by atoms with Crippen molar-refractivity contribution in [3.05, 3.63) is 95.1 Å². The molecule has 212 valence electrons. The molecule has 1 amide bonds. The van der Waals surface area contributed by atoms with E-state index in [0.29, 0.717) is 13.0 Å². The molecule has 1 aliphatic carbocycles. The van der Waals surface area contributed by atoms with E-state index in [2.05, 4.69) is 65.4 Å². The van der Waals surface area contributed by atoms with Crippen molar-refractivity contribution in [2.45, 2.75) is 51.9 Å². The Morgan fingerprint density at radius 1 is 1.05 bits per heavy atom. The molecule has 1 aliphatic heterocycles. The summed E-state index contributed by atoms with van der Waals surface area (Å²) >= 11 is 0.748. The van der Waals surface area contributed by atoms with Crippen molar-refractivity contribution in [3.8, 4) is 5.75 Å². The van der Waals surface area contributed by atoms with Gasteiger partial charge >= 0.3 is 0 Å². The van der Waals surface area contributed by atoms with Crippen LogP contribution in [-0.2, 0) is 27.3 Å². The fourth-order valence-electron chi connectivity index (χ4n) is 5.13. The fourth-order valence-corrected chi connectivity index (χ4v) is 5.35. The van der Waals surface area contributed by atoms with Crippen molar-refractivity contribution in [2.75, 3.05) is 31.6 Å². The van der Waals surface area contributed by atoms with Crippen LogP contribution in [0.4, 0.5) is 5.69 Å². The first-order valence-corrected chi connectivity index (χ1v) is 14.4. The lowest BCUT2D eigenvalue weighted by Crippen LogP contribution is -2.42. The highest BCUT2D eigenvalue weighted by molar-refractivity contribution is 7.90. The average Bonchev–Trinajstić information content (AvgIpc) is 3.59. The van der Waals surface area contributed by atoms with Crippen molar-refractivity contribution >= 4 is 29.8 Å². The van der Waals surface area contributed by atoms with Gasteiger partial charge in [-0.05, 0) is 78.1 Å². The Labute approximate surface area is 242 Å². The zero-order valence-corrected chi connectivity index (χ0v) is 24.7. The van der Waals surface area contributed by atoms with E-state index in [9.17, 15) is 4.79 Å². The van der Waals surface area contributed by atoms with E-state index in [1.54, 1.807) is 0 Å². The summed E-state index contributed by atoms with van der Waals surface area (Å²) in [7, 11) is 2.06. The van der Waals surface area contributed by atoms with Crippen LogP contribution >= 0.6 is 12.3 Å². The van der Waals surface area contributed by atoms with Gasteiger partial charge in [-0.15, -0.1) is 0 Å². The molecule has 3 aromatic carbocycles. The van der Waals surface area contributed by atoms with Crippen LogP contribution in [0.1, 0.15) is 48.9 Å². The van der Waals surface area contributed by atoms with Crippen LogP contribution < -0.4 is 15.0 Å². The lowest BCUT2D eigenvalue weighted by molar-refractivity contribution is -0.119. The Bertz CT molecular complexity index is 1310. The van der Waals surface area contributed by atoms with Crippen LogP contribution in [0.25, 0.3) is 0 Å². The standard InChI is InChI=1S/C25H31N3O.C7H9NO2S/c1-25(2,21-10-5-4-6-11-21)17-24(29)28(18-23-26-14-15-27(23)3)22-13-12-19-8-7-9-20(19)16-22;1-6-3-2-4-7(5-6)9-11-10-8/h4-6,10-13,16H,7-9,14-15,17-18H2,1-3H3;2-5H,8H2,1H3. The molecule has 1 heterocycles. The van der Waals surface area contributed by atoms with E-state index in [0.717, 1.165) is 61.1 Å². The smallest absolute Gasteiger partial charge is 0.244 e. The summed E-state index contributed by atoms with van der Waals surface area (Å²) in [6.07, 6.45) is 3.94. The van der Waals surface area contributed by atoms with Gasteiger partial charge in [0.25, 0.3) is 0 Å². The lowest BCUT2D eigenvalue weighted by atomic mass is 9.81. The molecule has 0 spiro atoms. The number of aryl methyl sites for hydroxylation is 3. The van der Waals surface area contributed by atoms with Crippen molar-refractivity contribution in [1.29, 1.82) is 0 Å². The van der Waals surface area contributed by atoms with Gasteiger partial charge in [0, 0.05) is 25.7 Å². The van der Waals surface area contributed by atoms with E-state index < -0.39 is 0 Å². The van der Waals surface area contributed by atoms with Crippen LogP contribution in [0.5, 0.6) is 5.75 Å². The maximum absolute atomic E-state index is 13.6. The minimum atomic E-state index is -0.225. The third-order valence-electron chi connectivity index (χ3n) is 7.47. The van der Waals surface area contributed by atoms with Gasteiger partial charge in [-0.1, -0.05) is 62.4 Å². The van der Waals surface area contributed by atoms with Crippen molar-refractivity contribution in [1.82, 2.24) is 4.90 Å². The minimum Gasteiger partial charge on any atom is -0.399 e. The van der Waals surface area contributed by atoms with Gasteiger partial charge in [-0.2, -0.15) is 10.2 Å². The second-order valence-electron chi connectivity index (χ2n) is 11.0. The number of nitrogens with zero attached hydrogens (tertiary/aromatic N) is 3. The number of carbonyl (C=O) groups excluding carboxylic acids is 1. The van der Waals surface area contributed by atoms with Gasteiger partial charge < -0.3 is 14.0 Å². The molecule has 0 saturated carbocycles. The molecule has 0 fully saturated rings. The number of nitrogens with two attached hydrogens (primary N) is 1. The van der Waals surface area contributed by atoms with Gasteiger partial charge in [0.2, 0.25) is 18.2 Å². The number of rotatable bonds is 9. The molecule has 7 nitrogen and oxygen atoms in total. The van der Waals surface area contributed by atoms with Gasteiger partial charge in [0.05, 0.1) is 13.1 Å². The SMILES string of the molecule is CN1CCN=C1CN(C(=O)CC(C)(C)c1ccccc1)c1ccc2c(c1)CCC2.Cc1cccc(OSON)c1. The van der Waals surface area contributed by atoms with Crippen molar-refractivity contribution < 1.29 is 13.3 Å². The third-order valence-corrected chi connectivity index (χ3v) is 7.81. The fraction of sp³-hybridized carbons (Fsp3) is 0.375. The Kier molecular flexibility index (Phi) is 10.3. The van der Waals surface area contributed by atoms with Gasteiger partial charge in [-0.25, -0.2) is 0 Å². The van der Waals surface area contributed by atoms with Crippen LogP contribution in [0.2, 0.25) is 0 Å². The number of hydrogen-bond donors (Lipinski definition) is 1. The molecule has 3 aromatic rings. The zero-order valence-electron chi connectivity index (χ0n) is 23.9. The molecule has 2 N–H and O–H groups in total. The summed E-state index contributed by atoms with van der Waals surface area (Å²) < 4.78 is 9.19. The summed E-state index contributed by atoms with van der Waals surface area (Å²) in [4.78, 5) is 22.3. The van der Waals surface area contributed by atoms with Crippen molar-refractivity contribution in [3.63, 3.8) is 0 Å². The molecular formula is C32H40N4O3S. The average molecular weight is 561 g/mol. The lowest BCUT2D eigenvalue weighted by Gasteiger charge is -2.31. The molecule has 0 atom stereocenters. The monoisotopic (exact) mass is 560 g/mol. The first-order valence-electron chi connectivity index (χ1n) is 13.8. The molecule has 0 saturated heterocycles. The van der Waals surface area contributed by atoms with Crippen LogP contribution in [0.15, 0.2) is 77.8 Å². The van der Waals surface area contributed by atoms with Crippen LogP contribution in [0, 0.1) is 6.92 Å². The number of aliphatic imine (C=N–C) groups is 1. The second kappa shape index (κ2) is 13.8. The number of likely N-dealkylation sites (N-methyl/N-ethyl adjacent to an activating group) is 1. The highest BCUT2D eigenvalue weighted by atomic mass is 32.2. The second-order valence-corrected chi connectivity index (χ2v) is 11.5. The maximum Gasteiger partial charge on any atom is 0.244 e. The molecule has 8 heteroatoms. The first-order chi connectivity index (χ1) is 19.3. The quantitative estimate of drug-likeness (QED) is 0.254. The predicted molar refractivity (Wildman–Crippen MR) is 165 cm³/mol. The molecule has 0 bridgehead atoms. The molecule has 5 rings (SSSR count). The maximum atomic E-state index is 13.6. The largest absolute Gasteiger partial charge is 0.399 e. The molecule has 0 unspecified atom stereocenters. The Balaban J connectivity index is 0.000000283. The van der Waals surface area contributed by atoms with E-state index in [-0.39, 0.29) is 11.3 Å². The van der Waals surface area contributed by atoms with Crippen LogP contribution in [-0.4, -0.2) is 43.3 Å². The Hall–Kier alpha value is -3.33. The van der Waals surface area contributed by atoms with E-state index in [4.69, 9.17) is 10.1 Å². The normalized spacial score (nSPS) is 14.2. The highest BCUT2D eigenvalue weighted by Crippen LogP contribution is 2.31. The number of hydrogen-bond acceptors (Lipinski definition) is 7. The number of amides is 1. The molecule has 2 aliphatic rings. The highest BCUT2D eigenvalue weighted by Gasteiger charge is 2.30. The zero-order chi connectivity index (χ0) is 28.5. The van der Waals surface area contributed by atoms with E-state index in [1.807, 2.05) is 54.3 Å². The molecular weight excluding hydrogens is 520 g/mol. The van der Waals surface area contributed by atoms with Gasteiger partial charge in [0.15, 0.2) is 0 Å². The first kappa shape index (κ1) is 29.6. The van der Waals surface area contributed by atoms with E-state index >= 15 is 0 Å². The van der Waals surface area contributed by atoms with Crippen molar-refractivity contribution in [2.24, 2.45) is 10.9 Å². The summed E-state index contributed by atoms with van der Waals surface area (Å²) in [5.41, 5.74) is 5.93. The summed E-state index contributed by atoms with van der Waals surface area (Å²) in [5.74, 6) is 6.64. The van der Waals surface area contributed by atoms with Gasteiger partial charge in [-0.3, -0.25) is 9.79 Å². The number of benzene rings is 3. The molecule has 0 aromatic heterocycles. The summed E-state index contributed by atoms with van der Waals surface area (Å²) in [6.45, 7) is 8.57. The predicted octanol–water partition coefficient (Wildman–Crippen LogP) is 6.05. The number of anilines is 1. The third kappa shape index (κ3) is 7.87. The topological polar surface area (TPSA) is 80.4 Å². The Morgan fingerprint density at radius 3 is 2.52 bits per heavy atom. The molecule has 40 heavy (non-hydrogen) atoms.